The average Bonchev–Trinajstić information content (AvgIpc) is 3.29. The lowest BCUT2D eigenvalue weighted by Crippen LogP contribution is -2.00. The first-order chi connectivity index (χ1) is 27.7. The molecule has 0 bridgehead atoms. The van der Waals surface area contributed by atoms with E-state index in [-0.39, 0.29) is 0 Å². The van der Waals surface area contributed by atoms with Crippen LogP contribution in [-0.4, -0.2) is 19.9 Å². The zero-order chi connectivity index (χ0) is 37.3. The van der Waals surface area contributed by atoms with Crippen LogP contribution in [0, 0.1) is 0 Å². The van der Waals surface area contributed by atoms with Crippen molar-refractivity contribution in [3.63, 3.8) is 0 Å². The van der Waals surface area contributed by atoms with E-state index < -0.39 is 0 Å². The summed E-state index contributed by atoms with van der Waals surface area (Å²) in [5, 5.41) is 3.53. The highest BCUT2D eigenvalue weighted by molar-refractivity contribution is 6.12. The van der Waals surface area contributed by atoms with Crippen LogP contribution in [0.5, 0.6) is 0 Å². The number of rotatable bonds is 7. The van der Waals surface area contributed by atoms with Gasteiger partial charge in [-0.25, -0.2) is 15.0 Å². The first-order valence-electron chi connectivity index (χ1n) is 18.8. The summed E-state index contributed by atoms with van der Waals surface area (Å²) < 4.78 is 0. The van der Waals surface area contributed by atoms with Crippen molar-refractivity contribution in [2.24, 2.45) is 0 Å². The molecule has 0 unspecified atom stereocenters. The molecule has 0 saturated heterocycles. The van der Waals surface area contributed by atoms with Gasteiger partial charge in [0.15, 0.2) is 17.5 Å². The third-order valence-corrected chi connectivity index (χ3v) is 10.4. The molecule has 0 N–H and O–H groups in total. The summed E-state index contributed by atoms with van der Waals surface area (Å²) in [6.45, 7) is 0. The summed E-state index contributed by atoms with van der Waals surface area (Å²) in [7, 11) is 0. The molecule has 0 spiro atoms. The van der Waals surface area contributed by atoms with Crippen molar-refractivity contribution in [1.29, 1.82) is 0 Å². The molecule has 8 aromatic carbocycles. The molecule has 0 aliphatic rings. The van der Waals surface area contributed by atoms with Gasteiger partial charge in [-0.05, 0) is 62.0 Å². The van der Waals surface area contributed by atoms with Crippen LogP contribution in [-0.2, 0) is 0 Å². The van der Waals surface area contributed by atoms with Gasteiger partial charge in [-0.3, -0.25) is 4.98 Å². The maximum Gasteiger partial charge on any atom is 0.164 e. The second-order valence-corrected chi connectivity index (χ2v) is 13.9. The fourth-order valence-electron chi connectivity index (χ4n) is 7.46. The highest BCUT2D eigenvalue weighted by Crippen LogP contribution is 2.36. The Morgan fingerprint density at radius 2 is 0.625 bits per heavy atom. The molecule has 2 heterocycles. The molecule has 0 saturated carbocycles. The van der Waals surface area contributed by atoms with Crippen molar-refractivity contribution < 1.29 is 0 Å². The van der Waals surface area contributed by atoms with E-state index in [2.05, 4.69) is 163 Å². The van der Waals surface area contributed by atoms with Gasteiger partial charge in [-0.1, -0.05) is 188 Å². The SMILES string of the molecule is c1ccc(-c2ccc(-c3nc(-c4ccccc4)nc(-c4ccc(-c5ccc(-c6ccc(-c7cc8cccnc8c8ccccc78)cc6)cc5)cc4)n3)cc2)cc1. The molecule has 0 amide bonds. The van der Waals surface area contributed by atoms with E-state index in [1.165, 1.54) is 38.6 Å². The standard InChI is InChI=1S/C52H34N4/c1-3-10-35(11-4-1)36-23-29-43(30-24-36)51-54-50(42-12-5-2-6-13-42)55-52(56-51)44-31-25-40(26-32-44)38-19-17-37(18-20-38)39-21-27-41(28-22-39)48-34-45-14-9-33-53-49(45)47-16-8-7-15-46(47)48/h1-34H. The molecular formula is C52H34N4. The molecular weight excluding hydrogens is 681 g/mol. The van der Waals surface area contributed by atoms with Crippen LogP contribution in [0.15, 0.2) is 206 Å². The lowest BCUT2D eigenvalue weighted by atomic mass is 9.93. The van der Waals surface area contributed by atoms with Gasteiger partial charge in [-0.15, -0.1) is 0 Å². The minimum Gasteiger partial charge on any atom is -0.256 e. The smallest absolute Gasteiger partial charge is 0.164 e. The molecule has 262 valence electrons. The van der Waals surface area contributed by atoms with Crippen LogP contribution in [0.1, 0.15) is 0 Å². The Hall–Kier alpha value is -7.56. The minimum atomic E-state index is 0.639. The van der Waals surface area contributed by atoms with Gasteiger partial charge in [-0.2, -0.15) is 0 Å². The average molecular weight is 715 g/mol. The molecule has 0 fully saturated rings. The minimum absolute atomic E-state index is 0.639. The van der Waals surface area contributed by atoms with Gasteiger partial charge < -0.3 is 0 Å². The highest BCUT2D eigenvalue weighted by Gasteiger charge is 2.14. The summed E-state index contributed by atoms with van der Waals surface area (Å²) in [4.78, 5) is 19.5. The van der Waals surface area contributed by atoms with Crippen molar-refractivity contribution in [2.75, 3.05) is 0 Å². The van der Waals surface area contributed by atoms with Crippen molar-refractivity contribution in [1.82, 2.24) is 19.9 Å². The normalized spacial score (nSPS) is 11.2. The van der Waals surface area contributed by atoms with Gasteiger partial charge in [0.2, 0.25) is 0 Å². The third kappa shape index (κ3) is 6.40. The summed E-state index contributed by atoms with van der Waals surface area (Å²) in [6.07, 6.45) is 1.87. The van der Waals surface area contributed by atoms with E-state index in [1.54, 1.807) is 0 Å². The summed E-state index contributed by atoms with van der Waals surface area (Å²) >= 11 is 0. The fraction of sp³-hybridized carbons (Fsp3) is 0. The maximum atomic E-state index is 4.98. The fourth-order valence-corrected chi connectivity index (χ4v) is 7.46. The molecule has 10 rings (SSSR count). The maximum absolute atomic E-state index is 4.98. The largest absolute Gasteiger partial charge is 0.256 e. The topological polar surface area (TPSA) is 51.6 Å². The Kier molecular flexibility index (Phi) is 8.47. The van der Waals surface area contributed by atoms with Gasteiger partial charge in [0.1, 0.15) is 0 Å². The second kappa shape index (κ2) is 14.3. The van der Waals surface area contributed by atoms with E-state index in [1.807, 2.05) is 48.7 Å². The molecule has 10 aromatic rings. The number of aromatic nitrogens is 4. The zero-order valence-electron chi connectivity index (χ0n) is 30.4. The Morgan fingerprint density at radius 3 is 1.11 bits per heavy atom. The molecule has 4 heteroatoms. The van der Waals surface area contributed by atoms with E-state index in [9.17, 15) is 0 Å². The Morgan fingerprint density at radius 1 is 0.268 bits per heavy atom. The molecule has 4 nitrogen and oxygen atoms in total. The Bertz CT molecular complexity index is 2960. The van der Waals surface area contributed by atoms with Gasteiger partial charge in [0.25, 0.3) is 0 Å². The Balaban J connectivity index is 0.916. The predicted molar refractivity (Wildman–Crippen MR) is 231 cm³/mol. The molecule has 0 atom stereocenters. The number of hydrogen-bond acceptors (Lipinski definition) is 4. The highest BCUT2D eigenvalue weighted by atomic mass is 15.0. The van der Waals surface area contributed by atoms with Crippen molar-refractivity contribution in [3.05, 3.63) is 206 Å². The van der Waals surface area contributed by atoms with E-state index in [0.29, 0.717) is 17.5 Å². The van der Waals surface area contributed by atoms with E-state index in [0.717, 1.165) is 44.3 Å². The van der Waals surface area contributed by atoms with Crippen molar-refractivity contribution >= 4 is 21.7 Å². The van der Waals surface area contributed by atoms with Crippen LogP contribution in [0.2, 0.25) is 0 Å². The lowest BCUT2D eigenvalue weighted by Gasteiger charge is -2.11. The number of nitrogens with zero attached hydrogens (tertiary/aromatic N) is 4. The van der Waals surface area contributed by atoms with Crippen LogP contribution < -0.4 is 0 Å². The third-order valence-electron chi connectivity index (χ3n) is 10.4. The summed E-state index contributed by atoms with van der Waals surface area (Å²) in [6, 6.07) is 69.9. The van der Waals surface area contributed by atoms with Crippen LogP contribution in [0.4, 0.5) is 0 Å². The first-order valence-corrected chi connectivity index (χ1v) is 18.8. The molecule has 56 heavy (non-hydrogen) atoms. The molecule has 0 aliphatic carbocycles. The summed E-state index contributed by atoms with van der Waals surface area (Å²) in [5.41, 5.74) is 13.2. The summed E-state index contributed by atoms with van der Waals surface area (Å²) in [5.74, 6) is 1.93. The molecule has 0 radical (unpaired) electrons. The van der Waals surface area contributed by atoms with E-state index >= 15 is 0 Å². The number of benzene rings is 8. The van der Waals surface area contributed by atoms with Crippen LogP contribution >= 0.6 is 0 Å². The quantitative estimate of drug-likeness (QED) is 0.154. The van der Waals surface area contributed by atoms with Gasteiger partial charge >= 0.3 is 0 Å². The van der Waals surface area contributed by atoms with Crippen molar-refractivity contribution in [3.8, 4) is 78.7 Å². The Labute approximate surface area is 325 Å². The van der Waals surface area contributed by atoms with Gasteiger partial charge in [0.05, 0.1) is 5.52 Å². The number of fused-ring (bicyclic) bond motifs is 3. The van der Waals surface area contributed by atoms with Crippen LogP contribution in [0.25, 0.3) is 100 Å². The van der Waals surface area contributed by atoms with Crippen molar-refractivity contribution in [2.45, 2.75) is 0 Å². The first kappa shape index (κ1) is 33.0. The second-order valence-electron chi connectivity index (χ2n) is 13.9. The van der Waals surface area contributed by atoms with Gasteiger partial charge in [0, 0.05) is 33.7 Å². The lowest BCUT2D eigenvalue weighted by molar-refractivity contribution is 1.07. The molecule has 0 aliphatic heterocycles. The number of hydrogen-bond donors (Lipinski definition) is 0. The zero-order valence-corrected chi connectivity index (χ0v) is 30.4. The number of pyridine rings is 1. The predicted octanol–water partition coefficient (Wildman–Crippen LogP) is 13.2. The van der Waals surface area contributed by atoms with Crippen LogP contribution in [0.3, 0.4) is 0 Å². The monoisotopic (exact) mass is 714 g/mol. The molecule has 2 aromatic heterocycles. The van der Waals surface area contributed by atoms with E-state index in [4.69, 9.17) is 15.0 Å².